The summed E-state index contributed by atoms with van der Waals surface area (Å²) in [6.45, 7) is 19.3. The number of rotatable bonds is 5. The molecule has 5 nitrogen and oxygen atoms in total. The van der Waals surface area contributed by atoms with Crippen LogP contribution >= 0.6 is 0 Å². The lowest BCUT2D eigenvalue weighted by atomic mass is 9.88. The van der Waals surface area contributed by atoms with Crippen molar-refractivity contribution in [2.24, 2.45) is 0 Å². The first kappa shape index (κ1) is 32.9. The van der Waals surface area contributed by atoms with E-state index in [0.717, 1.165) is 69.1 Å². The Hall–Kier alpha value is -5.03. The summed E-state index contributed by atoms with van der Waals surface area (Å²) in [5.41, 5.74) is 11.6. The second kappa shape index (κ2) is 13.2. The summed E-state index contributed by atoms with van der Waals surface area (Å²) in [6, 6.07) is 40.2. The molecule has 0 aliphatic carbocycles. The molecule has 0 N–H and O–H groups in total. The van der Waals surface area contributed by atoms with Gasteiger partial charge in [-0.3, -0.25) is 4.98 Å². The highest BCUT2D eigenvalue weighted by Crippen LogP contribution is 2.39. The number of pyridine rings is 1. The molecule has 0 spiro atoms. The first-order valence-electron chi connectivity index (χ1n) is 17.1. The topological polar surface area (TPSA) is 48.5 Å². The average molecular weight is 634 g/mol. The van der Waals surface area contributed by atoms with Gasteiger partial charge in [0.25, 0.3) is 0 Å². The molecule has 5 heteroatoms. The van der Waals surface area contributed by atoms with Gasteiger partial charge in [0.15, 0.2) is 0 Å². The molecular weight excluding hydrogens is 587 g/mol. The second-order valence-electron chi connectivity index (χ2n) is 14.3. The van der Waals surface area contributed by atoms with Crippen molar-refractivity contribution in [3.63, 3.8) is 0 Å². The van der Waals surface area contributed by atoms with E-state index in [1.807, 2.05) is 0 Å². The van der Waals surface area contributed by atoms with Crippen LogP contribution in [0.5, 0.6) is 0 Å². The number of benzene rings is 4. The van der Waals surface area contributed by atoms with Gasteiger partial charge in [0.05, 0.1) is 22.1 Å². The lowest BCUT2D eigenvalue weighted by molar-refractivity contribution is 0.531. The summed E-state index contributed by atoms with van der Waals surface area (Å²) in [4.78, 5) is 14.8. The Morgan fingerprint density at radius 1 is 0.417 bits per heavy atom. The third-order valence-corrected chi connectivity index (χ3v) is 8.85. The molecule has 0 aliphatic rings. The zero-order valence-electron chi connectivity index (χ0n) is 29.6. The highest BCUT2D eigenvalue weighted by Gasteiger charge is 2.21. The van der Waals surface area contributed by atoms with Crippen molar-refractivity contribution in [1.29, 1.82) is 0 Å². The van der Waals surface area contributed by atoms with Crippen LogP contribution in [0.15, 0.2) is 115 Å². The maximum atomic E-state index is 5.05. The van der Waals surface area contributed by atoms with E-state index in [0.29, 0.717) is 0 Å². The molecule has 0 unspecified atom stereocenters. The molecule has 244 valence electrons. The summed E-state index contributed by atoms with van der Waals surface area (Å²) in [5, 5.41) is 0. The smallest absolute Gasteiger partial charge is 0.141 e. The third kappa shape index (κ3) is 6.42. The molecule has 0 bridgehead atoms. The summed E-state index contributed by atoms with van der Waals surface area (Å²) in [7, 11) is 0. The Labute approximate surface area is 285 Å². The van der Waals surface area contributed by atoms with E-state index in [1.165, 1.54) is 11.4 Å². The zero-order chi connectivity index (χ0) is 34.1. The van der Waals surface area contributed by atoms with E-state index in [1.54, 1.807) is 0 Å². The SMILES string of the molecule is CC(C)(C)c1cccc(C(C)(C)C)n1.CCn1c(-c2ccccc2-c2ccccc2-c2nc3ccccc3n2CC)nc2ccccc21. The van der Waals surface area contributed by atoms with E-state index in [2.05, 4.69) is 180 Å². The largest absolute Gasteiger partial charge is 0.324 e. The molecule has 0 fully saturated rings. The van der Waals surface area contributed by atoms with Gasteiger partial charge in [-0.15, -0.1) is 0 Å². The van der Waals surface area contributed by atoms with E-state index in [-0.39, 0.29) is 10.8 Å². The van der Waals surface area contributed by atoms with Crippen molar-refractivity contribution in [3.05, 3.63) is 127 Å². The van der Waals surface area contributed by atoms with Crippen molar-refractivity contribution in [1.82, 2.24) is 24.1 Å². The highest BCUT2D eigenvalue weighted by molar-refractivity contribution is 5.93. The number of hydrogen-bond acceptors (Lipinski definition) is 3. The van der Waals surface area contributed by atoms with E-state index in [9.17, 15) is 0 Å². The number of nitrogens with zero attached hydrogens (tertiary/aromatic N) is 5. The van der Waals surface area contributed by atoms with Crippen LogP contribution in [0.2, 0.25) is 0 Å². The van der Waals surface area contributed by atoms with E-state index in [4.69, 9.17) is 15.0 Å². The molecule has 4 aromatic carbocycles. The van der Waals surface area contributed by atoms with Crippen molar-refractivity contribution >= 4 is 22.1 Å². The number of hydrogen-bond donors (Lipinski definition) is 0. The van der Waals surface area contributed by atoms with Gasteiger partial charge in [0.1, 0.15) is 11.6 Å². The maximum absolute atomic E-state index is 5.05. The summed E-state index contributed by atoms with van der Waals surface area (Å²) >= 11 is 0. The summed E-state index contributed by atoms with van der Waals surface area (Å²) < 4.78 is 4.61. The maximum Gasteiger partial charge on any atom is 0.141 e. The molecule has 7 aromatic rings. The first-order valence-corrected chi connectivity index (χ1v) is 17.1. The summed E-state index contributed by atoms with van der Waals surface area (Å²) in [5.74, 6) is 2.00. The lowest BCUT2D eigenvalue weighted by Crippen LogP contribution is -2.19. The molecule has 0 atom stereocenters. The Bertz CT molecular complexity index is 2030. The van der Waals surface area contributed by atoms with Crippen molar-refractivity contribution < 1.29 is 0 Å². The fourth-order valence-corrected chi connectivity index (χ4v) is 6.30. The van der Waals surface area contributed by atoms with Crippen LogP contribution in [0.4, 0.5) is 0 Å². The van der Waals surface area contributed by atoms with Crippen LogP contribution in [0.3, 0.4) is 0 Å². The quantitative estimate of drug-likeness (QED) is 0.189. The monoisotopic (exact) mass is 633 g/mol. The van der Waals surface area contributed by atoms with Gasteiger partial charge in [-0.25, -0.2) is 9.97 Å². The Balaban J connectivity index is 0.000000242. The summed E-state index contributed by atoms with van der Waals surface area (Å²) in [6.07, 6.45) is 0. The molecule has 0 saturated heterocycles. The van der Waals surface area contributed by atoms with Crippen LogP contribution in [0.1, 0.15) is 66.8 Å². The van der Waals surface area contributed by atoms with Crippen LogP contribution in [-0.2, 0) is 23.9 Å². The molecule has 3 heterocycles. The molecule has 48 heavy (non-hydrogen) atoms. The third-order valence-electron chi connectivity index (χ3n) is 8.85. The van der Waals surface area contributed by atoms with Gasteiger partial charge in [-0.1, -0.05) is 120 Å². The Morgan fingerprint density at radius 2 is 0.771 bits per heavy atom. The van der Waals surface area contributed by atoms with E-state index >= 15 is 0 Å². The number of imidazole rings is 2. The van der Waals surface area contributed by atoms with Crippen LogP contribution in [0, 0.1) is 0 Å². The highest BCUT2D eigenvalue weighted by atomic mass is 15.1. The van der Waals surface area contributed by atoms with E-state index < -0.39 is 0 Å². The molecule has 3 aromatic heterocycles. The van der Waals surface area contributed by atoms with Gasteiger partial charge in [-0.05, 0) is 61.4 Å². The number of aromatic nitrogens is 5. The average Bonchev–Trinajstić information content (AvgIpc) is 3.66. The Morgan fingerprint density at radius 3 is 1.15 bits per heavy atom. The second-order valence-corrected chi connectivity index (χ2v) is 14.3. The van der Waals surface area contributed by atoms with Crippen molar-refractivity contribution in [2.75, 3.05) is 0 Å². The van der Waals surface area contributed by atoms with Gasteiger partial charge >= 0.3 is 0 Å². The molecule has 0 saturated carbocycles. The van der Waals surface area contributed by atoms with Crippen LogP contribution in [-0.4, -0.2) is 24.1 Å². The molecular formula is C43H47N5. The van der Waals surface area contributed by atoms with Gasteiger partial charge in [0, 0.05) is 46.4 Å². The number of para-hydroxylation sites is 4. The minimum absolute atomic E-state index is 0.140. The van der Waals surface area contributed by atoms with Gasteiger partial charge < -0.3 is 9.13 Å². The van der Waals surface area contributed by atoms with Crippen LogP contribution in [0.25, 0.3) is 56.0 Å². The van der Waals surface area contributed by atoms with Gasteiger partial charge in [0.2, 0.25) is 0 Å². The van der Waals surface area contributed by atoms with Crippen molar-refractivity contribution in [2.45, 2.75) is 79.3 Å². The van der Waals surface area contributed by atoms with Crippen molar-refractivity contribution in [3.8, 4) is 33.9 Å². The lowest BCUT2D eigenvalue weighted by Gasteiger charge is -2.23. The molecule has 0 radical (unpaired) electrons. The zero-order valence-corrected chi connectivity index (χ0v) is 29.6. The number of fused-ring (bicyclic) bond motifs is 2. The predicted octanol–water partition coefficient (Wildman–Crippen LogP) is 11.1. The Kier molecular flexibility index (Phi) is 9.07. The molecule has 0 aliphatic heterocycles. The minimum atomic E-state index is 0.140. The first-order chi connectivity index (χ1) is 23.0. The predicted molar refractivity (Wildman–Crippen MR) is 202 cm³/mol. The fraction of sp³-hybridized carbons (Fsp3) is 0.279. The molecule has 0 amide bonds. The minimum Gasteiger partial charge on any atom is -0.324 e. The molecule has 7 rings (SSSR count). The fourth-order valence-electron chi connectivity index (χ4n) is 6.30. The number of aryl methyl sites for hydroxylation is 2. The standard InChI is InChI=1S/C30H26N4.C13H21N/c1-3-33-27-19-11-9-17-25(27)31-29(33)23-15-7-5-13-21(23)22-14-6-8-16-24(22)30-32-26-18-10-12-20-28(26)34(30)4-2;1-12(2,3)10-8-7-9-11(14-10)13(4,5)6/h5-20H,3-4H2,1-2H3;7-9H,1-6H3. The normalized spacial score (nSPS) is 11.9. The van der Waals surface area contributed by atoms with Gasteiger partial charge in [-0.2, -0.15) is 0 Å². The van der Waals surface area contributed by atoms with Crippen LogP contribution < -0.4 is 0 Å².